The van der Waals surface area contributed by atoms with Crippen LogP contribution in [0, 0.1) is 0 Å². The van der Waals surface area contributed by atoms with Crippen LogP contribution in [-0.2, 0) is 0 Å². The first kappa shape index (κ1) is 7.44. The molecule has 0 bridgehead atoms. The molecule has 1 N–H and O–H groups in total. The van der Waals surface area contributed by atoms with Crippen LogP contribution in [0.2, 0.25) is 0 Å². The summed E-state index contributed by atoms with van der Waals surface area (Å²) >= 11 is 0. The third-order valence-electron chi connectivity index (χ3n) is 1.08. The summed E-state index contributed by atoms with van der Waals surface area (Å²) in [5.41, 5.74) is 0. The Kier molecular flexibility index (Phi) is 1.58. The molecule has 0 spiro atoms. The highest BCUT2D eigenvalue weighted by Gasteiger charge is 2.38. The van der Waals surface area contributed by atoms with Gasteiger partial charge in [-0.05, 0) is 0 Å². The minimum atomic E-state index is -0.513. The Balaban J connectivity index is 2.84. The summed E-state index contributed by atoms with van der Waals surface area (Å²) in [7, 11) is 13.5. The highest BCUT2D eigenvalue weighted by Crippen LogP contribution is 2.16. The molecule has 0 aromatic rings. The van der Waals surface area contributed by atoms with Gasteiger partial charge in [-0.15, -0.1) is 0 Å². The summed E-state index contributed by atoms with van der Waals surface area (Å²) in [6.07, 6.45) is 1.60. The minimum Gasteiger partial charge on any atom is -0.376 e. The van der Waals surface area contributed by atoms with E-state index in [0.717, 1.165) is 0 Å². The smallest absolute Gasteiger partial charge is 0.0822 e. The van der Waals surface area contributed by atoms with Crippen LogP contribution >= 0.6 is 0 Å². The Bertz CT molecular complexity index is 152. The van der Waals surface area contributed by atoms with Crippen LogP contribution in [-0.4, -0.2) is 56.9 Å². The van der Waals surface area contributed by atoms with E-state index >= 15 is 0 Å². The predicted octanol–water partition coefficient (Wildman–Crippen LogP) is -2.40. The molecule has 0 unspecified atom stereocenters. The molecule has 40 valence electrons. The van der Waals surface area contributed by atoms with Gasteiger partial charge in [0.15, 0.2) is 0 Å². The van der Waals surface area contributed by atoms with E-state index in [-0.39, 0.29) is 0 Å². The van der Waals surface area contributed by atoms with Gasteiger partial charge in [0.2, 0.25) is 0 Å². The average molecular weight is 178 g/mol. The first-order valence-electron chi connectivity index (χ1n) is 2.27. The van der Waals surface area contributed by atoms with E-state index in [1.807, 2.05) is 0 Å². The minimum absolute atomic E-state index is 0.444. The highest BCUT2D eigenvalue weighted by atomic mass is 28.2. The fourth-order valence-corrected chi connectivity index (χ4v) is 0.959. The third-order valence-corrected chi connectivity index (χ3v) is 4.10. The van der Waals surface area contributed by atoms with E-state index in [1.165, 1.54) is 0 Å². The lowest BCUT2D eigenvalue weighted by Crippen LogP contribution is -2.59. The number of rotatable bonds is 0. The van der Waals surface area contributed by atoms with Gasteiger partial charge in [0.1, 0.15) is 0 Å². The predicted molar refractivity (Wildman–Crippen MR) is 40.1 cm³/mol. The van der Waals surface area contributed by atoms with Crippen LogP contribution < -0.4 is 5.32 Å². The Hall–Kier alpha value is 0.338. The van der Waals surface area contributed by atoms with Gasteiger partial charge in [-0.3, -0.25) is 4.99 Å². The van der Waals surface area contributed by atoms with Crippen LogP contribution in [0.15, 0.2) is 4.99 Å². The molecule has 0 atom stereocenters. The monoisotopic (exact) mass is 178 g/mol. The number of hydrogen-bond donors (Lipinski definition) is 1. The lowest BCUT2D eigenvalue weighted by atomic mass is 10.6. The summed E-state index contributed by atoms with van der Waals surface area (Å²) in [6, 6.07) is 0. The molecule has 0 amide bonds. The number of aliphatic imine (C=N–C) groups is 1. The molecule has 6 heteroatoms. The first-order chi connectivity index (χ1) is 3.96. The van der Waals surface area contributed by atoms with E-state index < -0.39 is 9.57 Å². The van der Waals surface area contributed by atoms with Crippen LogP contribution in [0.3, 0.4) is 0 Å². The normalized spacial score (nSPS) is 28.0. The fourth-order valence-electron chi connectivity index (χ4n) is 0.427. The van der Waals surface area contributed by atoms with E-state index in [0.29, 0.717) is 0 Å². The van der Waals surface area contributed by atoms with Crippen molar-refractivity contribution in [2.24, 2.45) is 4.99 Å². The quantitative estimate of drug-likeness (QED) is 0.411. The molecule has 0 saturated heterocycles. The van der Waals surface area contributed by atoms with Crippen molar-refractivity contribution in [2.45, 2.75) is 9.57 Å². The van der Waals surface area contributed by atoms with Crippen molar-refractivity contribution in [3.63, 3.8) is 0 Å². The van der Waals surface area contributed by atoms with Crippen LogP contribution in [0.1, 0.15) is 0 Å². The molecule has 2 nitrogen and oxygen atoms in total. The maximum Gasteiger partial charge on any atom is 0.0822 e. The molecule has 1 heterocycles. The molecule has 0 fully saturated rings. The van der Waals surface area contributed by atoms with Crippen molar-refractivity contribution in [1.29, 1.82) is 0 Å². The summed E-state index contributed by atoms with van der Waals surface area (Å²) in [6.45, 7) is 0. The van der Waals surface area contributed by atoms with Gasteiger partial charge in [-0.1, -0.05) is 0 Å². The second kappa shape index (κ2) is 1.91. The maximum absolute atomic E-state index is 4.01. The van der Waals surface area contributed by atoms with Gasteiger partial charge in [-0.25, -0.2) is 0 Å². The van der Waals surface area contributed by atoms with Gasteiger partial charge in [0, 0.05) is 9.57 Å². The number of nitrogens with zero attached hydrogens (tertiary/aromatic N) is 1. The molecule has 1 rings (SSSR count). The molecule has 1 aliphatic heterocycles. The van der Waals surface area contributed by atoms with E-state index in [4.69, 9.17) is 0 Å². The Morgan fingerprint density at radius 1 is 1.22 bits per heavy atom. The summed E-state index contributed by atoms with van der Waals surface area (Å²) in [5.74, 6) is 0. The SMILES string of the molecule is [Si]C1([Si])N=CNC1([Si])[Si]. The Morgan fingerprint density at radius 2 is 1.78 bits per heavy atom. The Morgan fingerprint density at radius 3 is 1.89 bits per heavy atom. The van der Waals surface area contributed by atoms with Gasteiger partial charge in [-0.2, -0.15) is 0 Å². The lowest BCUT2D eigenvalue weighted by molar-refractivity contribution is 0.695. The summed E-state index contributed by atoms with van der Waals surface area (Å²) < 4.78 is 0. The van der Waals surface area contributed by atoms with Gasteiger partial charge in [0.25, 0.3) is 0 Å². The van der Waals surface area contributed by atoms with Crippen LogP contribution in [0.25, 0.3) is 0 Å². The van der Waals surface area contributed by atoms with Crippen LogP contribution in [0.5, 0.6) is 0 Å². The van der Waals surface area contributed by atoms with Crippen molar-refractivity contribution in [2.75, 3.05) is 0 Å². The van der Waals surface area contributed by atoms with Crippen molar-refractivity contribution in [3.05, 3.63) is 0 Å². The number of hydrogen-bond acceptors (Lipinski definition) is 2. The molecule has 0 aromatic heterocycles. The summed E-state index contributed by atoms with van der Waals surface area (Å²) in [5, 5.41) is 2.92. The molecule has 0 aromatic carbocycles. The zero-order valence-electron chi connectivity index (χ0n) is 4.52. The second-order valence-corrected chi connectivity index (χ2v) is 5.81. The van der Waals surface area contributed by atoms with Crippen molar-refractivity contribution >= 4 is 47.3 Å². The van der Waals surface area contributed by atoms with Gasteiger partial charge in [0.05, 0.1) is 47.3 Å². The molecular formula is C3H2N2Si4. The second-order valence-electron chi connectivity index (χ2n) is 1.86. The number of nitrogens with one attached hydrogen (secondary N) is 1. The molecule has 9 heavy (non-hydrogen) atoms. The summed E-state index contributed by atoms with van der Waals surface area (Å²) in [4.78, 5) is 3.06. The highest BCUT2D eigenvalue weighted by molar-refractivity contribution is 6.55. The standard InChI is InChI=1S/C3H2N2Si4/c6-2(7)3(8,9)5-1-4-2/h1H,(H,4,5). The maximum atomic E-state index is 4.01. The Labute approximate surface area is 67.6 Å². The molecule has 0 saturated carbocycles. The zero-order chi connectivity index (χ0) is 7.12. The first-order valence-corrected chi connectivity index (χ1v) is 4.27. The van der Waals surface area contributed by atoms with E-state index in [1.54, 1.807) is 6.34 Å². The van der Waals surface area contributed by atoms with E-state index in [2.05, 4.69) is 51.3 Å². The fraction of sp³-hybridized carbons (Fsp3) is 0.667. The molecular weight excluding hydrogens is 176 g/mol. The topological polar surface area (TPSA) is 24.4 Å². The largest absolute Gasteiger partial charge is 0.376 e. The van der Waals surface area contributed by atoms with Crippen LogP contribution in [0.4, 0.5) is 0 Å². The molecule has 12 radical (unpaired) electrons. The third kappa shape index (κ3) is 1.11. The van der Waals surface area contributed by atoms with Gasteiger partial charge < -0.3 is 5.32 Å². The van der Waals surface area contributed by atoms with Gasteiger partial charge >= 0.3 is 0 Å². The lowest BCUT2D eigenvalue weighted by Gasteiger charge is -2.32. The van der Waals surface area contributed by atoms with Crippen molar-refractivity contribution in [1.82, 2.24) is 5.32 Å². The van der Waals surface area contributed by atoms with Crippen molar-refractivity contribution in [3.8, 4) is 0 Å². The van der Waals surface area contributed by atoms with E-state index in [9.17, 15) is 0 Å². The molecule has 0 aliphatic carbocycles. The van der Waals surface area contributed by atoms with Crippen molar-refractivity contribution < 1.29 is 0 Å². The molecule has 1 aliphatic rings. The zero-order valence-corrected chi connectivity index (χ0v) is 8.52. The average Bonchev–Trinajstić information content (AvgIpc) is 1.81.